The second kappa shape index (κ2) is 8.72. The Morgan fingerprint density at radius 2 is 1.88 bits per heavy atom. The van der Waals surface area contributed by atoms with E-state index < -0.39 is 5.60 Å². The van der Waals surface area contributed by atoms with Crippen molar-refractivity contribution in [3.05, 3.63) is 0 Å². The molecule has 24 heavy (non-hydrogen) atoms. The van der Waals surface area contributed by atoms with Gasteiger partial charge in [-0.05, 0) is 59.8 Å². The van der Waals surface area contributed by atoms with Crippen LogP contribution in [0.4, 0.5) is 4.79 Å². The summed E-state index contributed by atoms with van der Waals surface area (Å²) in [5.74, 6) is 0.646. The molecule has 2 atom stereocenters. The first-order valence-corrected chi connectivity index (χ1v) is 9.33. The SMILES string of the molecule is CCC(C)C(=O)N1CCCC(CN(C(=O)OC(C)(C)C)C(C)C)C1. The van der Waals surface area contributed by atoms with E-state index in [1.54, 1.807) is 4.90 Å². The molecule has 0 aromatic heterocycles. The maximum Gasteiger partial charge on any atom is 0.410 e. The molecule has 0 aromatic carbocycles. The first-order chi connectivity index (χ1) is 11.0. The Morgan fingerprint density at radius 1 is 1.25 bits per heavy atom. The number of nitrogens with zero attached hydrogens (tertiary/aromatic N) is 2. The topological polar surface area (TPSA) is 49.9 Å². The molecule has 1 heterocycles. The number of piperidine rings is 1. The minimum Gasteiger partial charge on any atom is -0.444 e. The minimum atomic E-state index is -0.491. The second-order valence-corrected chi connectivity index (χ2v) is 8.33. The lowest BCUT2D eigenvalue weighted by Gasteiger charge is -2.38. The van der Waals surface area contributed by atoms with Gasteiger partial charge in [-0.2, -0.15) is 0 Å². The van der Waals surface area contributed by atoms with Crippen molar-refractivity contribution in [2.24, 2.45) is 11.8 Å². The number of carbonyl (C=O) groups is 2. The van der Waals surface area contributed by atoms with Gasteiger partial charge in [-0.15, -0.1) is 0 Å². The molecule has 5 nitrogen and oxygen atoms in total. The minimum absolute atomic E-state index is 0.0795. The number of ether oxygens (including phenoxy) is 1. The zero-order valence-electron chi connectivity index (χ0n) is 16.6. The number of likely N-dealkylation sites (tertiary alicyclic amines) is 1. The number of hydrogen-bond donors (Lipinski definition) is 0. The van der Waals surface area contributed by atoms with Gasteiger partial charge in [0.15, 0.2) is 0 Å². The molecule has 0 saturated carbocycles. The van der Waals surface area contributed by atoms with Crippen molar-refractivity contribution in [1.29, 1.82) is 0 Å². The Kier molecular flexibility index (Phi) is 7.56. The fourth-order valence-corrected chi connectivity index (χ4v) is 3.00. The molecule has 0 N–H and O–H groups in total. The van der Waals surface area contributed by atoms with Gasteiger partial charge >= 0.3 is 6.09 Å². The molecule has 1 fully saturated rings. The summed E-state index contributed by atoms with van der Waals surface area (Å²) in [6.07, 6.45) is 2.67. The van der Waals surface area contributed by atoms with Crippen molar-refractivity contribution in [3.8, 4) is 0 Å². The van der Waals surface area contributed by atoms with Gasteiger partial charge in [0.25, 0.3) is 0 Å². The van der Waals surface area contributed by atoms with Crippen LogP contribution in [-0.2, 0) is 9.53 Å². The highest BCUT2D eigenvalue weighted by Gasteiger charge is 2.31. The fraction of sp³-hybridized carbons (Fsp3) is 0.895. The summed E-state index contributed by atoms with van der Waals surface area (Å²) in [6, 6.07) is 0.0838. The van der Waals surface area contributed by atoms with Crippen molar-refractivity contribution in [2.75, 3.05) is 19.6 Å². The molecular weight excluding hydrogens is 304 g/mol. The summed E-state index contributed by atoms with van der Waals surface area (Å²) in [5.41, 5.74) is -0.491. The van der Waals surface area contributed by atoms with Crippen LogP contribution in [0.15, 0.2) is 0 Å². The highest BCUT2D eigenvalue weighted by atomic mass is 16.6. The van der Waals surface area contributed by atoms with Crippen LogP contribution in [0.1, 0.15) is 67.7 Å². The van der Waals surface area contributed by atoms with Crippen LogP contribution in [0, 0.1) is 11.8 Å². The molecule has 0 radical (unpaired) electrons. The maximum atomic E-state index is 12.5. The number of hydrogen-bond acceptors (Lipinski definition) is 3. The van der Waals surface area contributed by atoms with Gasteiger partial charge in [0.2, 0.25) is 5.91 Å². The van der Waals surface area contributed by atoms with E-state index in [2.05, 4.69) is 0 Å². The monoisotopic (exact) mass is 340 g/mol. The van der Waals surface area contributed by atoms with Crippen LogP contribution >= 0.6 is 0 Å². The number of rotatable bonds is 5. The van der Waals surface area contributed by atoms with Crippen molar-refractivity contribution in [3.63, 3.8) is 0 Å². The zero-order chi connectivity index (χ0) is 18.5. The Bertz CT molecular complexity index is 429. The molecule has 2 unspecified atom stereocenters. The predicted octanol–water partition coefficient (Wildman–Crippen LogP) is 3.92. The maximum absolute atomic E-state index is 12.5. The van der Waals surface area contributed by atoms with E-state index in [1.165, 1.54) is 0 Å². The molecular formula is C19H36N2O3. The molecule has 0 spiro atoms. The third kappa shape index (κ3) is 6.33. The van der Waals surface area contributed by atoms with E-state index in [0.717, 1.165) is 32.4 Å². The highest BCUT2D eigenvalue weighted by Crippen LogP contribution is 2.22. The summed E-state index contributed by atoms with van der Waals surface area (Å²) in [7, 11) is 0. The number of carbonyl (C=O) groups excluding carboxylic acids is 2. The van der Waals surface area contributed by atoms with E-state index in [4.69, 9.17) is 4.74 Å². The molecule has 140 valence electrons. The van der Waals surface area contributed by atoms with Crippen LogP contribution in [-0.4, -0.2) is 53.1 Å². The van der Waals surface area contributed by atoms with E-state index in [9.17, 15) is 9.59 Å². The average molecular weight is 341 g/mol. The van der Waals surface area contributed by atoms with Crippen molar-refractivity contribution in [1.82, 2.24) is 9.80 Å². The highest BCUT2D eigenvalue weighted by molar-refractivity contribution is 5.78. The zero-order valence-corrected chi connectivity index (χ0v) is 16.6. The second-order valence-electron chi connectivity index (χ2n) is 8.33. The lowest BCUT2D eigenvalue weighted by atomic mass is 9.95. The predicted molar refractivity (Wildman–Crippen MR) is 96.8 cm³/mol. The van der Waals surface area contributed by atoms with Crippen LogP contribution in [0.2, 0.25) is 0 Å². The van der Waals surface area contributed by atoms with Crippen LogP contribution in [0.25, 0.3) is 0 Å². The van der Waals surface area contributed by atoms with Gasteiger partial charge in [0.1, 0.15) is 5.60 Å². The third-order valence-corrected chi connectivity index (χ3v) is 4.57. The summed E-state index contributed by atoms with van der Waals surface area (Å²) < 4.78 is 5.54. The van der Waals surface area contributed by atoms with Crippen LogP contribution in [0.3, 0.4) is 0 Å². The molecule has 0 aromatic rings. The molecule has 0 aliphatic carbocycles. The van der Waals surface area contributed by atoms with E-state index >= 15 is 0 Å². The van der Waals surface area contributed by atoms with Gasteiger partial charge in [-0.25, -0.2) is 4.79 Å². The van der Waals surface area contributed by atoms with Crippen molar-refractivity contribution < 1.29 is 14.3 Å². The van der Waals surface area contributed by atoms with Crippen molar-refractivity contribution in [2.45, 2.75) is 79.4 Å². The molecule has 1 rings (SSSR count). The standard InChI is InChI=1S/C19H36N2O3/c1-8-15(4)17(22)20-11-9-10-16(12-20)13-21(14(2)3)18(23)24-19(5,6)7/h14-16H,8-13H2,1-7H3. The Morgan fingerprint density at radius 3 is 2.38 bits per heavy atom. The average Bonchev–Trinajstić information content (AvgIpc) is 2.49. The first-order valence-electron chi connectivity index (χ1n) is 9.33. The first kappa shape index (κ1) is 20.8. The van der Waals surface area contributed by atoms with Gasteiger partial charge in [0, 0.05) is 31.6 Å². The largest absolute Gasteiger partial charge is 0.444 e. The summed E-state index contributed by atoms with van der Waals surface area (Å²) in [4.78, 5) is 28.7. The van der Waals surface area contributed by atoms with E-state index in [0.29, 0.717) is 12.5 Å². The summed E-state index contributed by atoms with van der Waals surface area (Å²) in [5, 5.41) is 0. The molecule has 1 aliphatic heterocycles. The molecule has 5 heteroatoms. The van der Waals surface area contributed by atoms with Gasteiger partial charge in [-0.1, -0.05) is 13.8 Å². The van der Waals surface area contributed by atoms with E-state index in [-0.39, 0.29) is 24.0 Å². The van der Waals surface area contributed by atoms with Crippen LogP contribution in [0.5, 0.6) is 0 Å². The van der Waals surface area contributed by atoms with Gasteiger partial charge in [-0.3, -0.25) is 4.79 Å². The normalized spacial score (nSPS) is 20.0. The molecule has 1 saturated heterocycles. The van der Waals surface area contributed by atoms with Gasteiger partial charge < -0.3 is 14.5 Å². The lowest BCUT2D eigenvalue weighted by Crippen LogP contribution is -2.48. The van der Waals surface area contributed by atoms with Crippen LogP contribution < -0.4 is 0 Å². The molecule has 1 aliphatic rings. The third-order valence-electron chi connectivity index (χ3n) is 4.57. The molecule has 0 bridgehead atoms. The number of amides is 2. The smallest absolute Gasteiger partial charge is 0.410 e. The lowest BCUT2D eigenvalue weighted by molar-refractivity contribution is -0.137. The molecule has 2 amide bonds. The summed E-state index contributed by atoms with van der Waals surface area (Å²) in [6.45, 7) is 16.0. The Balaban J connectivity index is 2.70. The van der Waals surface area contributed by atoms with Crippen molar-refractivity contribution >= 4 is 12.0 Å². The summed E-state index contributed by atoms with van der Waals surface area (Å²) >= 11 is 0. The van der Waals surface area contributed by atoms with Gasteiger partial charge in [0.05, 0.1) is 0 Å². The quantitative estimate of drug-likeness (QED) is 0.762. The Labute approximate surface area is 147 Å². The fourth-order valence-electron chi connectivity index (χ4n) is 3.00. The van der Waals surface area contributed by atoms with E-state index in [1.807, 2.05) is 53.4 Å². The Hall–Kier alpha value is -1.26.